The summed E-state index contributed by atoms with van der Waals surface area (Å²) in [5, 5.41) is 2.91. The van der Waals surface area contributed by atoms with E-state index in [-0.39, 0.29) is 23.9 Å². The quantitative estimate of drug-likeness (QED) is 0.862. The molecule has 2 atom stereocenters. The van der Waals surface area contributed by atoms with Gasteiger partial charge in [-0.1, -0.05) is 6.07 Å². The van der Waals surface area contributed by atoms with E-state index in [1.165, 1.54) is 0 Å². The van der Waals surface area contributed by atoms with Gasteiger partial charge in [0.25, 0.3) is 5.56 Å². The summed E-state index contributed by atoms with van der Waals surface area (Å²) in [5.41, 5.74) is 1.17. The molecule has 0 unspecified atom stereocenters. The molecule has 1 saturated heterocycles. The zero-order valence-electron chi connectivity index (χ0n) is 11.5. The van der Waals surface area contributed by atoms with Crippen molar-refractivity contribution in [2.75, 3.05) is 26.7 Å². The molecule has 0 saturated carbocycles. The fraction of sp³-hybridized carbons (Fsp3) is 0.571. The first-order chi connectivity index (χ1) is 9.19. The summed E-state index contributed by atoms with van der Waals surface area (Å²) in [6.07, 6.45) is 1.09. The number of carbonyl (C=O) groups excluding carboxylic acids is 1. The number of fused-ring (bicyclic) bond motifs is 4. The number of nitrogens with one attached hydrogen (secondary N) is 1. The second-order valence-corrected chi connectivity index (χ2v) is 5.53. The van der Waals surface area contributed by atoms with Crippen LogP contribution < -0.4 is 10.9 Å². The Kier molecular flexibility index (Phi) is 4.50. The molecule has 0 aliphatic carbocycles. The van der Waals surface area contributed by atoms with E-state index in [0.29, 0.717) is 18.4 Å². The number of hydrogen-bond donors (Lipinski definition) is 1. The summed E-state index contributed by atoms with van der Waals surface area (Å²) in [5.74, 6) is 0.873. The lowest BCUT2D eigenvalue weighted by Crippen LogP contribution is -2.50. The van der Waals surface area contributed by atoms with Crippen molar-refractivity contribution in [3.8, 4) is 0 Å². The fourth-order valence-corrected chi connectivity index (χ4v) is 3.36. The number of rotatable bonds is 2. The van der Waals surface area contributed by atoms with Gasteiger partial charge in [-0.3, -0.25) is 9.59 Å². The Balaban J connectivity index is 0.00000147. The Hall–Kier alpha value is -1.33. The number of pyridine rings is 1. The largest absolute Gasteiger partial charge is 0.341 e. The van der Waals surface area contributed by atoms with Gasteiger partial charge in [-0.15, -0.1) is 12.4 Å². The predicted octanol–water partition coefficient (Wildman–Crippen LogP) is 0.435. The number of hydrogen-bond acceptors (Lipinski definition) is 3. The van der Waals surface area contributed by atoms with E-state index in [9.17, 15) is 9.59 Å². The minimum atomic E-state index is 0. The van der Waals surface area contributed by atoms with Gasteiger partial charge in [-0.2, -0.15) is 0 Å². The number of aromatic nitrogens is 1. The van der Waals surface area contributed by atoms with E-state index in [4.69, 9.17) is 0 Å². The van der Waals surface area contributed by atoms with Crippen molar-refractivity contribution < 1.29 is 4.79 Å². The van der Waals surface area contributed by atoms with Crippen LogP contribution in [0.3, 0.4) is 0 Å². The fourth-order valence-electron chi connectivity index (χ4n) is 3.36. The van der Waals surface area contributed by atoms with Crippen molar-refractivity contribution in [2.24, 2.45) is 5.92 Å². The van der Waals surface area contributed by atoms with Crippen LogP contribution in [0.2, 0.25) is 0 Å². The summed E-state index contributed by atoms with van der Waals surface area (Å²) in [4.78, 5) is 25.8. The molecule has 110 valence electrons. The van der Waals surface area contributed by atoms with Gasteiger partial charge in [0.1, 0.15) is 0 Å². The van der Waals surface area contributed by atoms with E-state index in [2.05, 4.69) is 5.32 Å². The van der Waals surface area contributed by atoms with Gasteiger partial charge in [-0.25, -0.2) is 0 Å². The first kappa shape index (κ1) is 15.1. The molecule has 1 fully saturated rings. The maximum atomic E-state index is 12.0. The number of likely N-dealkylation sites (tertiary alicyclic amines) is 1. The molecule has 3 heterocycles. The normalized spacial score (nSPS) is 23.8. The lowest BCUT2D eigenvalue weighted by Gasteiger charge is -2.42. The zero-order chi connectivity index (χ0) is 13.4. The molecule has 3 rings (SSSR count). The van der Waals surface area contributed by atoms with Crippen LogP contribution in [0.4, 0.5) is 0 Å². The Labute approximate surface area is 124 Å². The SMILES string of the molecule is CNCC(=O)N1C[C@@H]2C[C@H](C1)c1cccc(=O)n1C2.Cl. The molecular weight excluding hydrogens is 278 g/mol. The van der Waals surface area contributed by atoms with E-state index >= 15 is 0 Å². The number of carbonyl (C=O) groups is 1. The molecule has 6 heteroatoms. The average Bonchev–Trinajstić information content (AvgIpc) is 2.40. The Morgan fingerprint density at radius 2 is 2.15 bits per heavy atom. The molecule has 1 aromatic heterocycles. The highest BCUT2D eigenvalue weighted by Gasteiger charge is 2.35. The third-order valence-corrected chi connectivity index (χ3v) is 4.16. The van der Waals surface area contributed by atoms with Gasteiger partial charge in [0.15, 0.2) is 0 Å². The van der Waals surface area contributed by atoms with Crippen LogP contribution in [0.15, 0.2) is 23.0 Å². The maximum Gasteiger partial charge on any atom is 0.250 e. The number of likely N-dealkylation sites (N-methyl/N-ethyl adjacent to an activating group) is 1. The van der Waals surface area contributed by atoms with Crippen molar-refractivity contribution in [3.05, 3.63) is 34.2 Å². The Bertz CT molecular complexity index is 558. The first-order valence-corrected chi connectivity index (χ1v) is 6.81. The van der Waals surface area contributed by atoms with Crippen LogP contribution in [0.1, 0.15) is 18.0 Å². The second kappa shape index (κ2) is 5.97. The highest BCUT2D eigenvalue weighted by molar-refractivity contribution is 5.85. The molecule has 0 spiro atoms. The van der Waals surface area contributed by atoms with Crippen LogP contribution >= 0.6 is 12.4 Å². The molecule has 0 radical (unpaired) electrons. The third kappa shape index (κ3) is 2.60. The van der Waals surface area contributed by atoms with Gasteiger partial charge < -0.3 is 14.8 Å². The van der Waals surface area contributed by atoms with E-state index in [1.54, 1.807) is 13.1 Å². The van der Waals surface area contributed by atoms with Crippen molar-refractivity contribution in [1.29, 1.82) is 0 Å². The minimum Gasteiger partial charge on any atom is -0.341 e. The average molecular weight is 298 g/mol. The van der Waals surface area contributed by atoms with Gasteiger partial charge in [0.05, 0.1) is 6.54 Å². The number of amides is 1. The summed E-state index contributed by atoms with van der Waals surface area (Å²) in [7, 11) is 1.79. The van der Waals surface area contributed by atoms with Crippen molar-refractivity contribution in [3.63, 3.8) is 0 Å². The monoisotopic (exact) mass is 297 g/mol. The van der Waals surface area contributed by atoms with Crippen molar-refractivity contribution in [2.45, 2.75) is 18.9 Å². The van der Waals surface area contributed by atoms with Crippen molar-refractivity contribution >= 4 is 18.3 Å². The molecule has 20 heavy (non-hydrogen) atoms. The van der Waals surface area contributed by atoms with Gasteiger partial charge in [-0.05, 0) is 25.5 Å². The van der Waals surface area contributed by atoms with Gasteiger partial charge in [0.2, 0.25) is 5.91 Å². The van der Waals surface area contributed by atoms with Crippen LogP contribution in [-0.4, -0.2) is 42.1 Å². The molecule has 1 N–H and O–H groups in total. The van der Waals surface area contributed by atoms with E-state index < -0.39 is 0 Å². The molecule has 1 amide bonds. The lowest BCUT2D eigenvalue weighted by atomic mass is 9.83. The first-order valence-electron chi connectivity index (χ1n) is 6.81. The van der Waals surface area contributed by atoms with Crippen molar-refractivity contribution in [1.82, 2.24) is 14.8 Å². The maximum absolute atomic E-state index is 12.0. The standard InChI is InChI=1S/C14H19N3O2.ClH/c1-15-6-14(19)16-7-10-5-11(9-16)12-3-2-4-13(18)17(12)8-10;/h2-4,10-11,15H,5-9H2,1H3;1H/t10-,11+;/m0./s1. The molecule has 1 aromatic rings. The van der Waals surface area contributed by atoms with E-state index in [0.717, 1.165) is 31.7 Å². The predicted molar refractivity (Wildman–Crippen MR) is 79.3 cm³/mol. The third-order valence-electron chi connectivity index (χ3n) is 4.16. The van der Waals surface area contributed by atoms with Crippen LogP contribution in [0.25, 0.3) is 0 Å². The smallest absolute Gasteiger partial charge is 0.250 e. The van der Waals surface area contributed by atoms with E-state index in [1.807, 2.05) is 21.6 Å². The number of nitrogens with zero attached hydrogens (tertiary/aromatic N) is 2. The highest BCUT2D eigenvalue weighted by atomic mass is 35.5. The summed E-state index contributed by atoms with van der Waals surface area (Å²) in [6.45, 7) is 2.65. The number of piperidine rings is 1. The second-order valence-electron chi connectivity index (χ2n) is 5.53. The molecular formula is C14H20ClN3O2. The topological polar surface area (TPSA) is 54.3 Å². The minimum absolute atomic E-state index is 0. The molecule has 2 aliphatic heterocycles. The van der Waals surface area contributed by atoms with Gasteiger partial charge in [0, 0.05) is 37.3 Å². The van der Waals surface area contributed by atoms with Crippen LogP contribution in [-0.2, 0) is 11.3 Å². The molecule has 2 bridgehead atoms. The molecule has 5 nitrogen and oxygen atoms in total. The zero-order valence-corrected chi connectivity index (χ0v) is 12.4. The lowest BCUT2D eigenvalue weighted by molar-refractivity contribution is -0.132. The summed E-state index contributed by atoms with van der Waals surface area (Å²) >= 11 is 0. The van der Waals surface area contributed by atoms with Crippen LogP contribution in [0, 0.1) is 5.92 Å². The summed E-state index contributed by atoms with van der Waals surface area (Å²) in [6, 6.07) is 5.46. The number of halogens is 1. The summed E-state index contributed by atoms with van der Waals surface area (Å²) < 4.78 is 1.89. The van der Waals surface area contributed by atoms with Gasteiger partial charge >= 0.3 is 0 Å². The highest BCUT2D eigenvalue weighted by Crippen LogP contribution is 2.34. The Morgan fingerprint density at radius 1 is 1.35 bits per heavy atom. The van der Waals surface area contributed by atoms with Crippen LogP contribution in [0.5, 0.6) is 0 Å². The Morgan fingerprint density at radius 3 is 2.90 bits per heavy atom. The molecule has 2 aliphatic rings. The molecule has 0 aromatic carbocycles.